The van der Waals surface area contributed by atoms with E-state index in [1.54, 1.807) is 51.4 Å². The third-order valence-corrected chi connectivity index (χ3v) is 6.32. The van der Waals surface area contributed by atoms with Gasteiger partial charge < -0.3 is 25.0 Å². The van der Waals surface area contributed by atoms with Crippen LogP contribution in [-0.2, 0) is 11.2 Å². The second-order valence-corrected chi connectivity index (χ2v) is 9.22. The summed E-state index contributed by atoms with van der Waals surface area (Å²) >= 11 is 0. The van der Waals surface area contributed by atoms with Crippen molar-refractivity contribution in [2.24, 2.45) is 0 Å². The summed E-state index contributed by atoms with van der Waals surface area (Å²) < 4.78 is 6.22. The molecule has 0 spiro atoms. The molecule has 0 saturated carbocycles. The Morgan fingerprint density at radius 2 is 1.81 bits per heavy atom. The number of carbonyl (C=O) groups excluding carboxylic acids is 2. The molecule has 0 bridgehead atoms. The van der Waals surface area contributed by atoms with Gasteiger partial charge >= 0.3 is 5.97 Å². The van der Waals surface area contributed by atoms with Crippen LogP contribution in [0, 0.1) is 0 Å². The zero-order valence-corrected chi connectivity index (χ0v) is 21.1. The van der Waals surface area contributed by atoms with Crippen molar-refractivity contribution in [1.29, 1.82) is 0 Å². The quantitative estimate of drug-likeness (QED) is 0.464. The number of carboxylic acids is 1. The van der Waals surface area contributed by atoms with Crippen LogP contribution in [0.2, 0.25) is 0 Å². The lowest BCUT2D eigenvalue weighted by molar-refractivity contribution is -0.129. The molecule has 4 rings (SSSR count). The molecule has 1 aliphatic rings. The number of hydrogen-bond acceptors (Lipinski definition) is 6. The highest BCUT2D eigenvalue weighted by Crippen LogP contribution is 2.32. The van der Waals surface area contributed by atoms with Crippen LogP contribution in [0.5, 0.6) is 11.5 Å². The summed E-state index contributed by atoms with van der Waals surface area (Å²) in [7, 11) is 3.41. The van der Waals surface area contributed by atoms with Gasteiger partial charge in [-0.15, -0.1) is 0 Å². The second kappa shape index (κ2) is 11.1. The molecule has 192 valence electrons. The average molecular weight is 503 g/mol. The van der Waals surface area contributed by atoms with Crippen LogP contribution in [0.3, 0.4) is 0 Å². The van der Waals surface area contributed by atoms with Crippen LogP contribution >= 0.6 is 0 Å². The van der Waals surface area contributed by atoms with Crippen molar-refractivity contribution < 1.29 is 24.2 Å². The average Bonchev–Trinajstić information content (AvgIpc) is 3.34. The Morgan fingerprint density at radius 1 is 1.08 bits per heavy atom. The largest absolute Gasteiger partial charge is 0.478 e. The number of likely N-dealkylation sites (tertiary alicyclic amines) is 1. The van der Waals surface area contributed by atoms with Crippen LogP contribution in [0.15, 0.2) is 60.8 Å². The van der Waals surface area contributed by atoms with E-state index in [-0.39, 0.29) is 23.4 Å². The van der Waals surface area contributed by atoms with Gasteiger partial charge in [0.2, 0.25) is 5.91 Å². The number of nitrogens with one attached hydrogen (secondary N) is 1. The highest BCUT2D eigenvalue weighted by molar-refractivity contribution is 5.94. The molecule has 37 heavy (non-hydrogen) atoms. The van der Waals surface area contributed by atoms with Gasteiger partial charge in [-0.25, -0.2) is 9.78 Å². The van der Waals surface area contributed by atoms with E-state index in [4.69, 9.17) is 9.84 Å². The van der Waals surface area contributed by atoms with Gasteiger partial charge in [0.15, 0.2) is 0 Å². The standard InChI is InChI=1S/C28H30N4O5/c1-18(33)32-14-4-5-23(32)16-21-15-22(30-26-13-8-20(17-29-26)28(35)36)9-12-25(21)37-24-10-6-19(7-11-24)27(34)31(2)3/h6-13,15,17,23H,4-5,14,16H2,1-3H3,(H,29,30)(H,35,36). The highest BCUT2D eigenvalue weighted by atomic mass is 16.5. The minimum absolute atomic E-state index is 0.0584. The molecule has 1 saturated heterocycles. The smallest absolute Gasteiger partial charge is 0.337 e. The van der Waals surface area contributed by atoms with Gasteiger partial charge in [0, 0.05) is 51.1 Å². The Morgan fingerprint density at radius 3 is 2.43 bits per heavy atom. The molecule has 2 aromatic carbocycles. The third-order valence-electron chi connectivity index (χ3n) is 6.32. The zero-order chi connectivity index (χ0) is 26.5. The highest BCUT2D eigenvalue weighted by Gasteiger charge is 2.27. The van der Waals surface area contributed by atoms with E-state index in [1.807, 2.05) is 23.1 Å². The Hall–Kier alpha value is -4.40. The first-order valence-electron chi connectivity index (χ1n) is 12.1. The number of anilines is 2. The summed E-state index contributed by atoms with van der Waals surface area (Å²) in [6.45, 7) is 2.34. The lowest BCUT2D eigenvalue weighted by Crippen LogP contribution is -2.35. The minimum Gasteiger partial charge on any atom is -0.478 e. The van der Waals surface area contributed by atoms with Crippen molar-refractivity contribution in [3.8, 4) is 11.5 Å². The van der Waals surface area contributed by atoms with Gasteiger partial charge in [0.1, 0.15) is 17.3 Å². The number of aromatic nitrogens is 1. The number of ether oxygens (including phenoxy) is 1. The van der Waals surface area contributed by atoms with Gasteiger partial charge in [-0.3, -0.25) is 9.59 Å². The Labute approximate surface area is 215 Å². The number of hydrogen-bond donors (Lipinski definition) is 2. The number of carbonyl (C=O) groups is 3. The van der Waals surface area contributed by atoms with Crippen molar-refractivity contribution in [1.82, 2.24) is 14.8 Å². The third kappa shape index (κ3) is 6.24. The Balaban J connectivity index is 1.59. The molecule has 1 unspecified atom stereocenters. The molecule has 0 radical (unpaired) electrons. The van der Waals surface area contributed by atoms with Crippen LogP contribution in [0.1, 0.15) is 46.0 Å². The van der Waals surface area contributed by atoms with Crippen molar-refractivity contribution in [3.63, 3.8) is 0 Å². The van der Waals surface area contributed by atoms with Crippen LogP contribution < -0.4 is 10.1 Å². The first-order chi connectivity index (χ1) is 17.7. The molecule has 0 aliphatic carbocycles. The van der Waals surface area contributed by atoms with E-state index in [0.29, 0.717) is 29.3 Å². The fourth-order valence-corrected chi connectivity index (χ4v) is 4.43. The van der Waals surface area contributed by atoms with Gasteiger partial charge in [-0.1, -0.05) is 0 Å². The van der Waals surface area contributed by atoms with Crippen LogP contribution in [-0.4, -0.2) is 64.4 Å². The summed E-state index contributed by atoms with van der Waals surface area (Å²) in [6.07, 6.45) is 3.79. The zero-order valence-electron chi connectivity index (χ0n) is 21.1. The fraction of sp³-hybridized carbons (Fsp3) is 0.286. The lowest BCUT2D eigenvalue weighted by atomic mass is 10.0. The molecule has 9 nitrogen and oxygen atoms in total. The van der Waals surface area contributed by atoms with Gasteiger partial charge in [0.05, 0.1) is 5.56 Å². The molecule has 9 heteroatoms. The van der Waals surface area contributed by atoms with Crippen LogP contribution in [0.4, 0.5) is 11.5 Å². The molecular weight excluding hydrogens is 472 g/mol. The monoisotopic (exact) mass is 502 g/mol. The molecule has 2 N–H and O–H groups in total. The number of nitrogens with zero attached hydrogens (tertiary/aromatic N) is 3. The number of pyridine rings is 1. The van der Waals surface area contributed by atoms with Crippen LogP contribution in [0.25, 0.3) is 0 Å². The summed E-state index contributed by atoms with van der Waals surface area (Å²) in [5.74, 6) is 0.701. The number of benzene rings is 2. The molecule has 2 amide bonds. The van der Waals surface area contributed by atoms with Crippen molar-refractivity contribution in [3.05, 3.63) is 77.5 Å². The van der Waals surface area contributed by atoms with Gasteiger partial charge in [-0.05, 0) is 79.4 Å². The summed E-state index contributed by atoms with van der Waals surface area (Å²) in [6, 6.07) is 15.8. The minimum atomic E-state index is -1.03. The topological polar surface area (TPSA) is 112 Å². The molecule has 3 aromatic rings. The molecule has 1 fully saturated rings. The number of aromatic carboxylic acids is 1. The van der Waals surface area contributed by atoms with E-state index in [0.717, 1.165) is 30.6 Å². The maximum Gasteiger partial charge on any atom is 0.337 e. The molecule has 1 aliphatic heterocycles. The summed E-state index contributed by atoms with van der Waals surface area (Å²) in [5, 5.41) is 12.3. The maximum absolute atomic E-state index is 12.2. The first kappa shape index (κ1) is 25.7. The van der Waals surface area contributed by atoms with E-state index in [2.05, 4.69) is 10.3 Å². The summed E-state index contributed by atoms with van der Waals surface area (Å²) in [5.41, 5.74) is 2.36. The molecule has 2 heterocycles. The van der Waals surface area contributed by atoms with Gasteiger partial charge in [-0.2, -0.15) is 0 Å². The summed E-state index contributed by atoms with van der Waals surface area (Å²) in [4.78, 5) is 43.0. The van der Waals surface area contributed by atoms with Gasteiger partial charge in [0.25, 0.3) is 5.91 Å². The van der Waals surface area contributed by atoms with Crippen molar-refractivity contribution in [2.75, 3.05) is 26.0 Å². The fourth-order valence-electron chi connectivity index (χ4n) is 4.43. The predicted molar refractivity (Wildman–Crippen MR) is 140 cm³/mol. The number of rotatable bonds is 8. The SMILES string of the molecule is CC(=O)N1CCCC1Cc1cc(Nc2ccc(C(=O)O)cn2)ccc1Oc1ccc(C(=O)N(C)C)cc1. The predicted octanol–water partition coefficient (Wildman–Crippen LogP) is 4.57. The normalized spacial score (nSPS) is 14.8. The first-order valence-corrected chi connectivity index (χ1v) is 12.1. The van der Waals surface area contributed by atoms with Crippen molar-refractivity contribution >= 4 is 29.3 Å². The maximum atomic E-state index is 12.2. The van der Waals surface area contributed by atoms with E-state index in [9.17, 15) is 14.4 Å². The molecule has 1 aromatic heterocycles. The second-order valence-electron chi connectivity index (χ2n) is 9.22. The molecule has 1 atom stereocenters. The van der Waals surface area contributed by atoms with Crippen molar-refractivity contribution in [2.45, 2.75) is 32.2 Å². The number of amides is 2. The van der Waals surface area contributed by atoms with E-state index in [1.165, 1.54) is 17.2 Å². The van der Waals surface area contributed by atoms with E-state index >= 15 is 0 Å². The lowest BCUT2D eigenvalue weighted by Gasteiger charge is -2.24. The Bertz CT molecular complexity index is 1290. The molecular formula is C28H30N4O5. The number of carboxylic acid groups (broad SMARTS) is 1. The Kier molecular flexibility index (Phi) is 7.71. The van der Waals surface area contributed by atoms with E-state index < -0.39 is 5.97 Å².